The van der Waals surface area contributed by atoms with Crippen LogP contribution in [0.4, 0.5) is 0 Å². The molecule has 3 atom stereocenters. The van der Waals surface area contributed by atoms with Crippen molar-refractivity contribution in [2.45, 2.75) is 38.8 Å². The van der Waals surface area contributed by atoms with E-state index in [9.17, 15) is 4.79 Å². The molecule has 4 heteroatoms. The van der Waals surface area contributed by atoms with E-state index in [2.05, 4.69) is 4.90 Å². The smallest absolute Gasteiger partial charge is 0.227 e. The molecule has 2 heterocycles. The highest BCUT2D eigenvalue weighted by Crippen LogP contribution is 2.22. The Hall–Kier alpha value is -0.610. The van der Waals surface area contributed by atoms with E-state index in [0.29, 0.717) is 6.04 Å². The summed E-state index contributed by atoms with van der Waals surface area (Å²) in [7, 11) is 0. The van der Waals surface area contributed by atoms with Crippen molar-refractivity contribution in [2.24, 2.45) is 11.7 Å². The molecule has 1 amide bonds. The molecule has 2 aliphatic heterocycles. The topological polar surface area (TPSA) is 49.6 Å². The van der Waals surface area contributed by atoms with Gasteiger partial charge >= 0.3 is 0 Å². The molecule has 0 aliphatic carbocycles. The maximum absolute atomic E-state index is 12.2. The number of hydrogen-bond acceptors (Lipinski definition) is 3. The largest absolute Gasteiger partial charge is 0.340 e. The predicted molar refractivity (Wildman–Crippen MR) is 64.0 cm³/mol. The van der Waals surface area contributed by atoms with E-state index in [1.807, 2.05) is 18.7 Å². The zero-order valence-corrected chi connectivity index (χ0v) is 10.4. The highest BCUT2D eigenvalue weighted by atomic mass is 16.2. The van der Waals surface area contributed by atoms with E-state index < -0.39 is 0 Å². The minimum Gasteiger partial charge on any atom is -0.340 e. The highest BCUT2D eigenvalue weighted by Gasteiger charge is 2.34. The zero-order valence-electron chi connectivity index (χ0n) is 10.4. The van der Waals surface area contributed by atoms with Crippen LogP contribution in [0.5, 0.6) is 0 Å². The second-order valence-electron chi connectivity index (χ2n) is 5.26. The Labute approximate surface area is 97.8 Å². The number of nitrogens with two attached hydrogens (primary N) is 1. The Balaban J connectivity index is 1.93. The van der Waals surface area contributed by atoms with Gasteiger partial charge < -0.3 is 10.6 Å². The van der Waals surface area contributed by atoms with E-state index in [-0.39, 0.29) is 17.9 Å². The lowest BCUT2D eigenvalue weighted by molar-refractivity contribution is -0.138. The van der Waals surface area contributed by atoms with Crippen LogP contribution in [0.3, 0.4) is 0 Å². The number of carbonyl (C=O) groups is 1. The van der Waals surface area contributed by atoms with Crippen molar-refractivity contribution >= 4 is 5.91 Å². The zero-order chi connectivity index (χ0) is 11.7. The summed E-state index contributed by atoms with van der Waals surface area (Å²) in [5.74, 6) is 0.189. The lowest BCUT2D eigenvalue weighted by Gasteiger charge is -2.39. The lowest BCUT2D eigenvalue weighted by atomic mass is 10.0. The number of fused-ring (bicyclic) bond motifs is 1. The molecule has 92 valence electrons. The number of hydrogen-bond donors (Lipinski definition) is 1. The maximum Gasteiger partial charge on any atom is 0.227 e. The van der Waals surface area contributed by atoms with Crippen LogP contribution >= 0.6 is 0 Å². The summed E-state index contributed by atoms with van der Waals surface area (Å²) in [6, 6.07) is 0.562. The van der Waals surface area contributed by atoms with E-state index in [4.69, 9.17) is 5.73 Å². The van der Waals surface area contributed by atoms with Crippen molar-refractivity contribution in [2.75, 3.05) is 26.2 Å². The number of amides is 1. The van der Waals surface area contributed by atoms with Gasteiger partial charge in [-0.05, 0) is 26.3 Å². The van der Waals surface area contributed by atoms with Gasteiger partial charge in [-0.2, -0.15) is 0 Å². The Morgan fingerprint density at radius 1 is 1.31 bits per heavy atom. The number of carbonyl (C=O) groups excluding carboxylic acids is 1. The molecule has 2 rings (SSSR count). The molecule has 2 saturated heterocycles. The van der Waals surface area contributed by atoms with Gasteiger partial charge in [-0.1, -0.05) is 6.92 Å². The molecule has 0 radical (unpaired) electrons. The molecule has 2 N–H and O–H groups in total. The molecule has 0 saturated carbocycles. The second-order valence-corrected chi connectivity index (χ2v) is 5.26. The number of rotatable bonds is 2. The van der Waals surface area contributed by atoms with Crippen LogP contribution in [0.25, 0.3) is 0 Å². The van der Waals surface area contributed by atoms with Crippen molar-refractivity contribution in [1.29, 1.82) is 0 Å². The second kappa shape index (κ2) is 4.72. The molecule has 3 unspecified atom stereocenters. The SMILES string of the molecule is CC(N)C(C)C(=O)N1CCN2CCCC2C1. The third-order valence-corrected chi connectivity index (χ3v) is 4.08. The molecule has 0 aromatic heterocycles. The predicted octanol–water partition coefficient (Wildman–Crippen LogP) is 0.276. The van der Waals surface area contributed by atoms with Gasteiger partial charge in [-0.25, -0.2) is 0 Å². The van der Waals surface area contributed by atoms with Crippen LogP contribution in [0, 0.1) is 5.92 Å². The van der Waals surface area contributed by atoms with Crippen molar-refractivity contribution in [3.8, 4) is 0 Å². The van der Waals surface area contributed by atoms with Crippen molar-refractivity contribution in [3.05, 3.63) is 0 Å². The van der Waals surface area contributed by atoms with Crippen LogP contribution in [0.2, 0.25) is 0 Å². The van der Waals surface area contributed by atoms with Gasteiger partial charge in [0.2, 0.25) is 5.91 Å². The minimum absolute atomic E-state index is 0.0471. The summed E-state index contributed by atoms with van der Waals surface area (Å²) < 4.78 is 0. The average Bonchev–Trinajstić information content (AvgIpc) is 2.73. The summed E-state index contributed by atoms with van der Waals surface area (Å²) in [5.41, 5.74) is 5.79. The molecule has 2 aliphatic rings. The van der Waals surface area contributed by atoms with Gasteiger partial charge in [0, 0.05) is 31.7 Å². The lowest BCUT2D eigenvalue weighted by Crippen LogP contribution is -2.54. The molecule has 2 fully saturated rings. The third-order valence-electron chi connectivity index (χ3n) is 4.08. The molecule has 0 spiro atoms. The van der Waals surface area contributed by atoms with E-state index >= 15 is 0 Å². The molecule has 0 bridgehead atoms. The fourth-order valence-electron chi connectivity index (χ4n) is 2.70. The standard InChI is InChI=1S/C12H23N3O/c1-9(10(2)13)12(16)15-7-6-14-5-3-4-11(14)8-15/h9-11H,3-8,13H2,1-2H3. The quantitative estimate of drug-likeness (QED) is 0.734. The molecular weight excluding hydrogens is 202 g/mol. The Morgan fingerprint density at radius 2 is 2.06 bits per heavy atom. The Bertz CT molecular complexity index is 267. The summed E-state index contributed by atoms with van der Waals surface area (Å²) in [6.45, 7) is 7.91. The highest BCUT2D eigenvalue weighted by molar-refractivity contribution is 5.79. The summed E-state index contributed by atoms with van der Waals surface area (Å²) >= 11 is 0. The van der Waals surface area contributed by atoms with Crippen LogP contribution in [-0.4, -0.2) is 54.0 Å². The maximum atomic E-state index is 12.2. The molecule has 16 heavy (non-hydrogen) atoms. The number of piperazine rings is 1. The van der Waals surface area contributed by atoms with E-state index in [0.717, 1.165) is 19.6 Å². The molecule has 0 aromatic carbocycles. The van der Waals surface area contributed by atoms with Crippen molar-refractivity contribution in [3.63, 3.8) is 0 Å². The summed E-state index contributed by atoms with van der Waals surface area (Å²) in [5, 5.41) is 0. The first kappa shape index (κ1) is 11.9. The van der Waals surface area contributed by atoms with Gasteiger partial charge in [-0.15, -0.1) is 0 Å². The summed E-state index contributed by atoms with van der Waals surface area (Å²) in [4.78, 5) is 16.7. The van der Waals surface area contributed by atoms with Crippen LogP contribution < -0.4 is 5.73 Å². The first-order valence-electron chi connectivity index (χ1n) is 6.38. The Morgan fingerprint density at radius 3 is 2.75 bits per heavy atom. The van der Waals surface area contributed by atoms with Crippen molar-refractivity contribution in [1.82, 2.24) is 9.80 Å². The molecular formula is C12H23N3O. The Kier molecular flexibility index (Phi) is 3.50. The van der Waals surface area contributed by atoms with Gasteiger partial charge in [0.15, 0.2) is 0 Å². The van der Waals surface area contributed by atoms with Gasteiger partial charge in [0.1, 0.15) is 0 Å². The fourth-order valence-corrected chi connectivity index (χ4v) is 2.70. The fraction of sp³-hybridized carbons (Fsp3) is 0.917. The van der Waals surface area contributed by atoms with Crippen LogP contribution in [-0.2, 0) is 4.79 Å². The molecule has 4 nitrogen and oxygen atoms in total. The van der Waals surface area contributed by atoms with Crippen molar-refractivity contribution < 1.29 is 4.79 Å². The normalized spacial score (nSPS) is 29.9. The summed E-state index contributed by atoms with van der Waals surface area (Å²) in [6.07, 6.45) is 2.53. The van der Waals surface area contributed by atoms with Gasteiger partial charge in [0.05, 0.1) is 5.92 Å². The van der Waals surface area contributed by atoms with E-state index in [1.165, 1.54) is 19.4 Å². The third kappa shape index (κ3) is 2.23. The minimum atomic E-state index is -0.0482. The first-order valence-corrected chi connectivity index (χ1v) is 6.38. The first-order chi connectivity index (χ1) is 7.59. The van der Waals surface area contributed by atoms with Crippen LogP contribution in [0.1, 0.15) is 26.7 Å². The van der Waals surface area contributed by atoms with Crippen LogP contribution in [0.15, 0.2) is 0 Å². The van der Waals surface area contributed by atoms with E-state index in [1.54, 1.807) is 0 Å². The van der Waals surface area contributed by atoms with Gasteiger partial charge in [-0.3, -0.25) is 9.69 Å². The molecule has 0 aromatic rings. The average molecular weight is 225 g/mol. The number of nitrogens with zero attached hydrogens (tertiary/aromatic N) is 2. The monoisotopic (exact) mass is 225 g/mol. The van der Waals surface area contributed by atoms with Gasteiger partial charge in [0.25, 0.3) is 0 Å².